The number of fused-ring (bicyclic) bond motifs is 2. The first kappa shape index (κ1) is 17.7. The molecule has 0 radical (unpaired) electrons. The Bertz CT molecular complexity index is 1120. The summed E-state index contributed by atoms with van der Waals surface area (Å²) in [5.41, 5.74) is 2.10. The molecule has 0 amide bonds. The van der Waals surface area contributed by atoms with E-state index in [-0.39, 0.29) is 18.1 Å². The maximum atomic E-state index is 11.1. The van der Waals surface area contributed by atoms with Gasteiger partial charge < -0.3 is 15.3 Å². The first-order valence-corrected chi connectivity index (χ1v) is 9.99. The molecule has 3 N–H and O–H groups in total. The lowest BCUT2D eigenvalue weighted by atomic mass is 9.90. The number of aliphatic hydroxyl groups excluding tert-OH is 1. The normalized spacial score (nSPS) is 11.3. The summed E-state index contributed by atoms with van der Waals surface area (Å²) in [4.78, 5) is 0. The summed E-state index contributed by atoms with van der Waals surface area (Å²) >= 11 is 1.57. The van der Waals surface area contributed by atoms with Crippen molar-refractivity contribution in [1.82, 2.24) is 0 Å². The van der Waals surface area contributed by atoms with Gasteiger partial charge in [-0.15, -0.1) is 0 Å². The molecule has 4 heteroatoms. The van der Waals surface area contributed by atoms with E-state index in [4.69, 9.17) is 5.11 Å². The van der Waals surface area contributed by atoms with Crippen molar-refractivity contribution in [3.05, 3.63) is 72.3 Å². The summed E-state index contributed by atoms with van der Waals surface area (Å²) < 4.78 is 0. The van der Waals surface area contributed by atoms with Crippen molar-refractivity contribution in [3.63, 3.8) is 0 Å². The van der Waals surface area contributed by atoms with E-state index in [1.165, 1.54) is 0 Å². The largest absolute Gasteiger partial charge is 0.507 e. The van der Waals surface area contributed by atoms with Gasteiger partial charge in [-0.05, 0) is 33.7 Å². The first-order chi connectivity index (χ1) is 13.2. The number of aliphatic hydroxyl groups is 1. The molecule has 0 fully saturated rings. The van der Waals surface area contributed by atoms with Gasteiger partial charge in [0, 0.05) is 28.2 Å². The van der Waals surface area contributed by atoms with Gasteiger partial charge in [-0.1, -0.05) is 54.6 Å². The molecule has 0 aliphatic carbocycles. The predicted octanol–water partition coefficient (Wildman–Crippen LogP) is 5.30. The van der Waals surface area contributed by atoms with E-state index in [0.717, 1.165) is 27.1 Å². The Kier molecular flexibility index (Phi) is 4.92. The molecular formula is C23H20O3S. The molecule has 4 aromatic rings. The molecule has 0 bridgehead atoms. The minimum absolute atomic E-state index is 0.107. The van der Waals surface area contributed by atoms with Crippen LogP contribution in [0.4, 0.5) is 0 Å². The summed E-state index contributed by atoms with van der Waals surface area (Å²) in [7, 11) is 0. The lowest BCUT2D eigenvalue weighted by molar-refractivity contribution is 0.322. The lowest BCUT2D eigenvalue weighted by Gasteiger charge is -2.17. The van der Waals surface area contributed by atoms with E-state index in [0.29, 0.717) is 22.6 Å². The van der Waals surface area contributed by atoms with Crippen molar-refractivity contribution < 1.29 is 15.3 Å². The van der Waals surface area contributed by atoms with Crippen LogP contribution in [0.25, 0.3) is 32.7 Å². The van der Waals surface area contributed by atoms with E-state index in [9.17, 15) is 10.2 Å². The zero-order chi connectivity index (χ0) is 18.8. The maximum absolute atomic E-state index is 11.1. The molecule has 0 atom stereocenters. The van der Waals surface area contributed by atoms with Crippen LogP contribution in [-0.4, -0.2) is 27.7 Å². The molecule has 0 spiro atoms. The smallest absolute Gasteiger partial charge is 0.128 e. The van der Waals surface area contributed by atoms with E-state index < -0.39 is 0 Å². The van der Waals surface area contributed by atoms with Gasteiger partial charge in [-0.25, -0.2) is 0 Å². The van der Waals surface area contributed by atoms with Crippen LogP contribution in [0.5, 0.6) is 11.5 Å². The van der Waals surface area contributed by atoms with Gasteiger partial charge >= 0.3 is 0 Å². The standard InChI is InChI=1S/C23H20O3S/c24-11-12-27-14-17-13-16-6-2-4-8-19(16)22(23(17)26)21-18-7-3-1-5-15(18)9-10-20(21)25/h1-10,13,24-26H,11-12,14H2. The zero-order valence-electron chi connectivity index (χ0n) is 14.7. The molecule has 0 saturated heterocycles. The summed E-state index contributed by atoms with van der Waals surface area (Å²) in [5.74, 6) is 1.54. The van der Waals surface area contributed by atoms with Crippen molar-refractivity contribution >= 4 is 33.3 Å². The van der Waals surface area contributed by atoms with Crippen molar-refractivity contribution in [3.8, 4) is 22.6 Å². The Morgan fingerprint density at radius 3 is 2.15 bits per heavy atom. The van der Waals surface area contributed by atoms with Gasteiger partial charge in [0.25, 0.3) is 0 Å². The van der Waals surface area contributed by atoms with Crippen LogP contribution < -0.4 is 0 Å². The zero-order valence-corrected chi connectivity index (χ0v) is 15.5. The van der Waals surface area contributed by atoms with Crippen molar-refractivity contribution in [2.75, 3.05) is 12.4 Å². The Hall–Kier alpha value is -2.69. The second-order valence-electron chi connectivity index (χ2n) is 6.44. The third-order valence-electron chi connectivity index (χ3n) is 4.75. The number of thioether (sulfide) groups is 1. The summed E-state index contributed by atoms with van der Waals surface area (Å²) in [6.45, 7) is 0.107. The number of phenolic OH excluding ortho intramolecular Hbond substituents is 2. The Morgan fingerprint density at radius 2 is 1.41 bits per heavy atom. The van der Waals surface area contributed by atoms with Crippen LogP contribution in [0.2, 0.25) is 0 Å². The summed E-state index contributed by atoms with van der Waals surface area (Å²) in [6.07, 6.45) is 0. The molecule has 4 rings (SSSR count). The molecule has 3 nitrogen and oxygen atoms in total. The number of hydrogen-bond donors (Lipinski definition) is 3. The molecule has 136 valence electrons. The molecule has 0 unspecified atom stereocenters. The van der Waals surface area contributed by atoms with Gasteiger partial charge in [0.05, 0.1) is 6.61 Å². The average molecular weight is 376 g/mol. The Morgan fingerprint density at radius 1 is 0.741 bits per heavy atom. The van der Waals surface area contributed by atoms with Crippen molar-refractivity contribution in [2.45, 2.75) is 5.75 Å². The SMILES string of the molecule is OCCSCc1cc2ccccc2c(-c2c(O)ccc3ccccc23)c1O. The fourth-order valence-corrected chi connectivity index (χ4v) is 4.24. The van der Waals surface area contributed by atoms with Crippen LogP contribution in [0.15, 0.2) is 66.7 Å². The molecule has 0 saturated carbocycles. The monoisotopic (exact) mass is 376 g/mol. The topological polar surface area (TPSA) is 60.7 Å². The maximum Gasteiger partial charge on any atom is 0.128 e. The number of rotatable bonds is 5. The number of phenols is 2. The minimum Gasteiger partial charge on any atom is -0.507 e. The molecular weight excluding hydrogens is 356 g/mol. The second-order valence-corrected chi connectivity index (χ2v) is 7.54. The second kappa shape index (κ2) is 7.51. The van der Waals surface area contributed by atoms with Crippen molar-refractivity contribution in [2.24, 2.45) is 0 Å². The molecule has 0 heterocycles. The van der Waals surface area contributed by atoms with Crippen LogP contribution in [0.3, 0.4) is 0 Å². The summed E-state index contributed by atoms with van der Waals surface area (Å²) in [6, 6.07) is 21.3. The Balaban J connectivity index is 2.04. The van der Waals surface area contributed by atoms with E-state index >= 15 is 0 Å². The quantitative estimate of drug-likeness (QED) is 0.414. The molecule has 0 aliphatic heterocycles. The highest BCUT2D eigenvalue weighted by molar-refractivity contribution is 7.98. The van der Waals surface area contributed by atoms with Gasteiger partial charge in [0.2, 0.25) is 0 Å². The van der Waals surface area contributed by atoms with E-state index in [2.05, 4.69) is 0 Å². The van der Waals surface area contributed by atoms with Crippen LogP contribution >= 0.6 is 11.8 Å². The highest BCUT2D eigenvalue weighted by Gasteiger charge is 2.19. The van der Waals surface area contributed by atoms with Gasteiger partial charge in [-0.3, -0.25) is 0 Å². The molecule has 0 aromatic heterocycles. The van der Waals surface area contributed by atoms with Gasteiger partial charge in [0.15, 0.2) is 0 Å². The van der Waals surface area contributed by atoms with Crippen molar-refractivity contribution in [1.29, 1.82) is 0 Å². The van der Waals surface area contributed by atoms with Gasteiger partial charge in [-0.2, -0.15) is 11.8 Å². The van der Waals surface area contributed by atoms with Crippen LogP contribution in [0, 0.1) is 0 Å². The van der Waals surface area contributed by atoms with Crippen LogP contribution in [0.1, 0.15) is 5.56 Å². The highest BCUT2D eigenvalue weighted by atomic mass is 32.2. The molecule has 0 aliphatic rings. The van der Waals surface area contributed by atoms with E-state index in [1.54, 1.807) is 17.8 Å². The lowest BCUT2D eigenvalue weighted by Crippen LogP contribution is -1.93. The van der Waals surface area contributed by atoms with E-state index in [1.807, 2.05) is 60.7 Å². The first-order valence-electron chi connectivity index (χ1n) is 8.84. The Labute approximate surface area is 161 Å². The fourth-order valence-electron chi connectivity index (χ4n) is 3.53. The third-order valence-corrected chi connectivity index (χ3v) is 5.74. The molecule has 27 heavy (non-hydrogen) atoms. The minimum atomic E-state index is 0.107. The highest BCUT2D eigenvalue weighted by Crippen LogP contribution is 2.46. The number of benzene rings is 4. The summed E-state index contributed by atoms with van der Waals surface area (Å²) in [5, 5.41) is 34.7. The number of hydrogen-bond acceptors (Lipinski definition) is 4. The fraction of sp³-hybridized carbons (Fsp3) is 0.130. The molecule has 4 aromatic carbocycles. The van der Waals surface area contributed by atoms with Gasteiger partial charge in [0.1, 0.15) is 11.5 Å². The number of aromatic hydroxyl groups is 2. The van der Waals surface area contributed by atoms with Crippen LogP contribution in [-0.2, 0) is 5.75 Å². The predicted molar refractivity (Wildman–Crippen MR) is 113 cm³/mol. The third kappa shape index (κ3) is 3.22. The average Bonchev–Trinajstić information content (AvgIpc) is 2.69.